The van der Waals surface area contributed by atoms with E-state index in [4.69, 9.17) is 9.47 Å². The third-order valence-electron chi connectivity index (χ3n) is 2.96. The van der Waals surface area contributed by atoms with Crippen LogP contribution in [-0.4, -0.2) is 34.8 Å². The quantitative estimate of drug-likeness (QED) is 0.859. The number of esters is 2. The van der Waals surface area contributed by atoms with E-state index in [1.165, 1.54) is 28.8 Å². The molecule has 1 aromatic heterocycles. The summed E-state index contributed by atoms with van der Waals surface area (Å²) in [5, 5.41) is 9.39. The Balaban J connectivity index is 2.54. The minimum absolute atomic E-state index is 0.0891. The van der Waals surface area contributed by atoms with Crippen LogP contribution in [0.15, 0.2) is 36.4 Å². The van der Waals surface area contributed by atoms with Crippen LogP contribution >= 0.6 is 0 Å². The number of phenolic OH excluding ortho intramolecular Hbond substituents is 1. The Bertz CT molecular complexity index is 637. The third kappa shape index (κ3) is 3.11. The first-order valence-corrected chi connectivity index (χ1v) is 6.93. The van der Waals surface area contributed by atoms with Crippen molar-refractivity contribution in [3.63, 3.8) is 0 Å². The van der Waals surface area contributed by atoms with E-state index >= 15 is 0 Å². The number of aromatic nitrogens is 1. The molecule has 2 aromatic rings. The van der Waals surface area contributed by atoms with E-state index < -0.39 is 11.9 Å². The maximum atomic E-state index is 12.1. The molecule has 0 atom stereocenters. The first kappa shape index (κ1) is 15.6. The highest BCUT2D eigenvalue weighted by atomic mass is 16.5. The standard InChI is InChI=1S/C16H17NO5/c1-3-21-15(19)13-9-10-14(16(20)22-4-2)17(13)11-5-7-12(18)8-6-11/h5-10,18H,3-4H2,1-2H3. The van der Waals surface area contributed by atoms with Crippen LogP contribution in [0.5, 0.6) is 5.75 Å². The highest BCUT2D eigenvalue weighted by Crippen LogP contribution is 2.21. The zero-order chi connectivity index (χ0) is 16.1. The number of nitrogens with zero attached hydrogens (tertiary/aromatic N) is 1. The molecule has 0 aliphatic carbocycles. The fraction of sp³-hybridized carbons (Fsp3) is 0.250. The summed E-state index contributed by atoms with van der Waals surface area (Å²) < 4.78 is 11.5. The molecule has 0 saturated heterocycles. The van der Waals surface area contributed by atoms with Crippen molar-refractivity contribution in [3.05, 3.63) is 47.8 Å². The topological polar surface area (TPSA) is 77.8 Å². The molecule has 6 nitrogen and oxygen atoms in total. The first-order valence-electron chi connectivity index (χ1n) is 6.93. The number of aromatic hydroxyl groups is 1. The van der Waals surface area contributed by atoms with Crippen LogP contribution < -0.4 is 0 Å². The molecule has 1 aromatic carbocycles. The SMILES string of the molecule is CCOC(=O)c1ccc(C(=O)OCC)n1-c1ccc(O)cc1. The number of benzene rings is 1. The van der Waals surface area contributed by atoms with Gasteiger partial charge in [-0.05, 0) is 50.2 Å². The van der Waals surface area contributed by atoms with Gasteiger partial charge in [0, 0.05) is 5.69 Å². The molecule has 0 radical (unpaired) electrons. The molecule has 0 saturated carbocycles. The lowest BCUT2D eigenvalue weighted by molar-refractivity contribution is 0.0509. The number of carbonyl (C=O) groups is 2. The van der Waals surface area contributed by atoms with E-state index in [0.29, 0.717) is 5.69 Å². The molecule has 0 aliphatic heterocycles. The molecule has 22 heavy (non-hydrogen) atoms. The second-order valence-electron chi connectivity index (χ2n) is 4.40. The molecule has 116 valence electrons. The van der Waals surface area contributed by atoms with Crippen molar-refractivity contribution in [3.8, 4) is 11.4 Å². The summed E-state index contributed by atoms with van der Waals surface area (Å²) >= 11 is 0. The van der Waals surface area contributed by atoms with Crippen molar-refractivity contribution in [2.75, 3.05) is 13.2 Å². The van der Waals surface area contributed by atoms with Gasteiger partial charge in [-0.1, -0.05) is 0 Å². The van der Waals surface area contributed by atoms with Crippen LogP contribution in [0.2, 0.25) is 0 Å². The van der Waals surface area contributed by atoms with Crippen LogP contribution in [0.1, 0.15) is 34.8 Å². The van der Waals surface area contributed by atoms with Gasteiger partial charge in [0.15, 0.2) is 0 Å². The second-order valence-corrected chi connectivity index (χ2v) is 4.40. The van der Waals surface area contributed by atoms with Crippen LogP contribution in [0.25, 0.3) is 5.69 Å². The molecule has 0 spiro atoms. The second kappa shape index (κ2) is 6.80. The third-order valence-corrected chi connectivity index (χ3v) is 2.96. The maximum absolute atomic E-state index is 12.1. The zero-order valence-electron chi connectivity index (χ0n) is 12.4. The van der Waals surface area contributed by atoms with Gasteiger partial charge in [-0.15, -0.1) is 0 Å². The summed E-state index contributed by atoms with van der Waals surface area (Å²) in [6.45, 7) is 3.87. The van der Waals surface area contributed by atoms with Gasteiger partial charge in [-0.2, -0.15) is 0 Å². The van der Waals surface area contributed by atoms with Gasteiger partial charge < -0.3 is 14.6 Å². The largest absolute Gasteiger partial charge is 0.508 e. The average molecular weight is 303 g/mol. The van der Waals surface area contributed by atoms with Crippen LogP contribution in [-0.2, 0) is 9.47 Å². The number of hydrogen-bond acceptors (Lipinski definition) is 5. The Morgan fingerprint density at radius 3 is 1.77 bits per heavy atom. The van der Waals surface area contributed by atoms with Gasteiger partial charge in [0.1, 0.15) is 17.1 Å². The molecule has 1 N–H and O–H groups in total. The van der Waals surface area contributed by atoms with Crippen LogP contribution in [0.4, 0.5) is 0 Å². The average Bonchev–Trinajstić information content (AvgIpc) is 2.93. The van der Waals surface area contributed by atoms with Crippen molar-refractivity contribution in [1.29, 1.82) is 0 Å². The molecule has 2 rings (SSSR count). The summed E-state index contributed by atoms with van der Waals surface area (Å²) in [5.41, 5.74) is 0.986. The predicted molar refractivity (Wildman–Crippen MR) is 79.3 cm³/mol. The van der Waals surface area contributed by atoms with E-state index in [-0.39, 0.29) is 30.4 Å². The van der Waals surface area contributed by atoms with E-state index in [1.807, 2.05) is 0 Å². The predicted octanol–water partition coefficient (Wildman–Crippen LogP) is 2.54. The molecule has 0 fully saturated rings. The van der Waals surface area contributed by atoms with Gasteiger partial charge in [0.05, 0.1) is 13.2 Å². The van der Waals surface area contributed by atoms with Crippen molar-refractivity contribution in [2.45, 2.75) is 13.8 Å². The Morgan fingerprint density at radius 1 is 0.909 bits per heavy atom. The number of hydrogen-bond donors (Lipinski definition) is 1. The van der Waals surface area contributed by atoms with Crippen molar-refractivity contribution in [2.24, 2.45) is 0 Å². The summed E-state index contributed by atoms with van der Waals surface area (Å²) in [5.74, 6) is -0.983. The molecule has 6 heteroatoms. The van der Waals surface area contributed by atoms with Gasteiger partial charge in [0.25, 0.3) is 0 Å². The molecular weight excluding hydrogens is 286 g/mol. The van der Waals surface area contributed by atoms with Crippen molar-refractivity contribution >= 4 is 11.9 Å². The Kier molecular flexibility index (Phi) is 4.83. The summed E-state index contributed by atoms with van der Waals surface area (Å²) in [4.78, 5) is 24.1. The van der Waals surface area contributed by atoms with Crippen molar-refractivity contribution in [1.82, 2.24) is 4.57 Å². The Morgan fingerprint density at radius 2 is 1.36 bits per heavy atom. The maximum Gasteiger partial charge on any atom is 0.355 e. The fourth-order valence-corrected chi connectivity index (χ4v) is 2.05. The number of rotatable bonds is 5. The summed E-state index contributed by atoms with van der Waals surface area (Å²) in [7, 11) is 0. The highest BCUT2D eigenvalue weighted by Gasteiger charge is 2.22. The molecule has 0 aliphatic rings. The molecule has 0 bridgehead atoms. The summed E-state index contributed by atoms with van der Waals surface area (Å²) in [6.07, 6.45) is 0. The van der Waals surface area contributed by atoms with Gasteiger partial charge in [0.2, 0.25) is 0 Å². The van der Waals surface area contributed by atoms with Crippen molar-refractivity contribution < 1.29 is 24.2 Å². The smallest absolute Gasteiger partial charge is 0.355 e. The number of carbonyl (C=O) groups excluding carboxylic acids is 2. The molecule has 1 heterocycles. The normalized spacial score (nSPS) is 10.3. The zero-order valence-corrected chi connectivity index (χ0v) is 12.4. The Labute approximate surface area is 127 Å². The fourth-order valence-electron chi connectivity index (χ4n) is 2.05. The highest BCUT2D eigenvalue weighted by molar-refractivity contribution is 5.94. The molecule has 0 amide bonds. The van der Waals surface area contributed by atoms with Crippen LogP contribution in [0.3, 0.4) is 0 Å². The van der Waals surface area contributed by atoms with Gasteiger partial charge >= 0.3 is 11.9 Å². The van der Waals surface area contributed by atoms with Gasteiger partial charge in [-0.25, -0.2) is 9.59 Å². The number of phenols is 1. The van der Waals surface area contributed by atoms with Crippen LogP contribution in [0, 0.1) is 0 Å². The van der Waals surface area contributed by atoms with E-state index in [1.54, 1.807) is 26.0 Å². The summed E-state index contributed by atoms with van der Waals surface area (Å²) in [6, 6.07) is 9.16. The lowest BCUT2D eigenvalue weighted by Crippen LogP contribution is -2.16. The van der Waals surface area contributed by atoms with E-state index in [9.17, 15) is 14.7 Å². The molecule has 0 unspecified atom stereocenters. The van der Waals surface area contributed by atoms with Gasteiger partial charge in [-0.3, -0.25) is 4.57 Å². The Hall–Kier alpha value is -2.76. The monoisotopic (exact) mass is 303 g/mol. The minimum Gasteiger partial charge on any atom is -0.508 e. The molecular formula is C16H17NO5. The minimum atomic E-state index is -0.536. The van der Waals surface area contributed by atoms with E-state index in [0.717, 1.165) is 0 Å². The lowest BCUT2D eigenvalue weighted by Gasteiger charge is -2.12. The number of ether oxygens (including phenoxy) is 2. The van der Waals surface area contributed by atoms with E-state index in [2.05, 4.69) is 0 Å². The lowest BCUT2D eigenvalue weighted by atomic mass is 10.3. The first-order chi connectivity index (χ1) is 10.6.